The first-order valence-electron chi connectivity index (χ1n) is 7.21. The fraction of sp³-hybridized carbons (Fsp3) is 0.158. The van der Waals surface area contributed by atoms with Gasteiger partial charge in [0.1, 0.15) is 24.0 Å². The van der Waals surface area contributed by atoms with E-state index in [1.807, 2.05) is 37.3 Å². The predicted octanol–water partition coefficient (Wildman–Crippen LogP) is 4.31. The molecule has 2 aromatic rings. The topological polar surface area (TPSA) is 59.3 Å². The van der Waals surface area contributed by atoms with Crippen molar-refractivity contribution in [2.45, 2.75) is 13.5 Å². The van der Waals surface area contributed by atoms with Crippen LogP contribution in [-0.2, 0) is 16.1 Å². The molecular weight excluding hydrogens is 326 g/mol. The van der Waals surface area contributed by atoms with Gasteiger partial charge >= 0.3 is 5.97 Å². The number of esters is 1. The van der Waals surface area contributed by atoms with Gasteiger partial charge in [0, 0.05) is 10.6 Å². The maximum Gasteiger partial charge on any atom is 0.349 e. The number of nitrogens with zero attached hydrogens (tertiary/aromatic N) is 1. The molecule has 4 nitrogen and oxygen atoms in total. The SMILES string of the molecule is COc1ccc(Cl)cc1COC(=O)/C(C#N)=C/c1ccc(C)cc1. The van der Waals surface area contributed by atoms with Crippen LogP contribution < -0.4 is 4.74 Å². The van der Waals surface area contributed by atoms with Gasteiger partial charge in [-0.05, 0) is 36.8 Å². The molecule has 0 aromatic heterocycles. The van der Waals surface area contributed by atoms with E-state index in [-0.39, 0.29) is 12.2 Å². The van der Waals surface area contributed by atoms with Gasteiger partial charge in [-0.3, -0.25) is 0 Å². The number of hydrogen-bond donors (Lipinski definition) is 0. The van der Waals surface area contributed by atoms with Crippen molar-refractivity contribution in [3.63, 3.8) is 0 Å². The summed E-state index contributed by atoms with van der Waals surface area (Å²) in [6, 6.07) is 14.4. The van der Waals surface area contributed by atoms with Crippen LogP contribution in [0.4, 0.5) is 0 Å². The van der Waals surface area contributed by atoms with Crippen LogP contribution in [-0.4, -0.2) is 13.1 Å². The van der Waals surface area contributed by atoms with Crippen LogP contribution in [0.3, 0.4) is 0 Å². The van der Waals surface area contributed by atoms with Gasteiger partial charge in [-0.15, -0.1) is 0 Å². The summed E-state index contributed by atoms with van der Waals surface area (Å²) in [7, 11) is 1.52. The van der Waals surface area contributed by atoms with Crippen molar-refractivity contribution in [1.82, 2.24) is 0 Å². The fourth-order valence-electron chi connectivity index (χ4n) is 2.05. The second kappa shape index (κ2) is 8.19. The Kier molecular flexibility index (Phi) is 6.00. The molecule has 0 aliphatic carbocycles. The van der Waals surface area contributed by atoms with Crippen LogP contribution in [0.5, 0.6) is 5.75 Å². The average molecular weight is 342 g/mol. The number of carbonyl (C=O) groups is 1. The molecule has 2 aromatic carbocycles. The molecule has 0 fully saturated rings. The van der Waals surface area contributed by atoms with Crippen molar-refractivity contribution in [3.8, 4) is 11.8 Å². The summed E-state index contributed by atoms with van der Waals surface area (Å²) in [5.41, 5.74) is 2.42. The van der Waals surface area contributed by atoms with E-state index in [1.54, 1.807) is 18.2 Å². The van der Waals surface area contributed by atoms with E-state index in [0.29, 0.717) is 16.3 Å². The number of nitriles is 1. The normalized spacial score (nSPS) is 10.8. The number of benzene rings is 2. The smallest absolute Gasteiger partial charge is 0.349 e. The van der Waals surface area contributed by atoms with Crippen molar-refractivity contribution in [2.75, 3.05) is 7.11 Å². The fourth-order valence-corrected chi connectivity index (χ4v) is 2.24. The Hall–Kier alpha value is -2.77. The molecule has 0 unspecified atom stereocenters. The zero-order chi connectivity index (χ0) is 17.5. The summed E-state index contributed by atoms with van der Waals surface area (Å²) < 4.78 is 10.4. The van der Waals surface area contributed by atoms with E-state index in [1.165, 1.54) is 13.2 Å². The minimum atomic E-state index is -0.694. The third kappa shape index (κ3) is 4.61. The third-order valence-electron chi connectivity index (χ3n) is 3.33. The number of hydrogen-bond acceptors (Lipinski definition) is 4. The molecule has 0 radical (unpaired) electrons. The molecule has 0 saturated carbocycles. The van der Waals surface area contributed by atoms with Gasteiger partial charge in [-0.25, -0.2) is 4.79 Å². The van der Waals surface area contributed by atoms with Gasteiger partial charge in [0.25, 0.3) is 0 Å². The van der Waals surface area contributed by atoms with Gasteiger partial charge in [-0.2, -0.15) is 5.26 Å². The summed E-state index contributed by atoms with van der Waals surface area (Å²) in [4.78, 5) is 12.1. The molecule has 0 heterocycles. The lowest BCUT2D eigenvalue weighted by Gasteiger charge is -2.09. The summed E-state index contributed by atoms with van der Waals surface area (Å²) in [6.45, 7) is 1.93. The third-order valence-corrected chi connectivity index (χ3v) is 3.57. The Morgan fingerprint density at radius 2 is 1.96 bits per heavy atom. The lowest BCUT2D eigenvalue weighted by Crippen LogP contribution is -2.07. The van der Waals surface area contributed by atoms with E-state index in [2.05, 4.69) is 0 Å². The summed E-state index contributed by atoms with van der Waals surface area (Å²) >= 11 is 5.94. The van der Waals surface area contributed by atoms with Crippen molar-refractivity contribution < 1.29 is 14.3 Å². The first kappa shape index (κ1) is 17.6. The number of halogens is 1. The summed E-state index contributed by atoms with van der Waals surface area (Å²) in [6.07, 6.45) is 1.50. The molecule has 0 atom stereocenters. The molecule has 2 rings (SSSR count). The molecule has 0 amide bonds. The predicted molar refractivity (Wildman–Crippen MR) is 92.6 cm³/mol. The summed E-state index contributed by atoms with van der Waals surface area (Å²) in [5.74, 6) is -0.131. The van der Waals surface area contributed by atoms with Gasteiger partial charge in [0.15, 0.2) is 0 Å². The Morgan fingerprint density at radius 3 is 2.58 bits per heavy atom. The first-order valence-corrected chi connectivity index (χ1v) is 7.59. The van der Waals surface area contributed by atoms with Crippen LogP contribution in [0.15, 0.2) is 48.0 Å². The van der Waals surface area contributed by atoms with Crippen molar-refractivity contribution in [3.05, 3.63) is 69.8 Å². The van der Waals surface area contributed by atoms with Crippen molar-refractivity contribution >= 4 is 23.6 Å². The highest BCUT2D eigenvalue weighted by Crippen LogP contribution is 2.23. The van der Waals surface area contributed by atoms with Gasteiger partial charge in [-0.1, -0.05) is 41.4 Å². The Balaban J connectivity index is 2.12. The zero-order valence-corrected chi connectivity index (χ0v) is 14.1. The highest BCUT2D eigenvalue weighted by atomic mass is 35.5. The second-order valence-electron chi connectivity index (χ2n) is 5.11. The van der Waals surface area contributed by atoms with Crippen LogP contribution in [0.1, 0.15) is 16.7 Å². The number of rotatable bonds is 5. The number of methoxy groups -OCH3 is 1. The molecule has 0 aliphatic heterocycles. The van der Waals surface area contributed by atoms with Crippen molar-refractivity contribution in [1.29, 1.82) is 5.26 Å². The maximum atomic E-state index is 12.1. The van der Waals surface area contributed by atoms with E-state index in [9.17, 15) is 10.1 Å². The zero-order valence-electron chi connectivity index (χ0n) is 13.4. The number of ether oxygens (including phenoxy) is 2. The highest BCUT2D eigenvalue weighted by molar-refractivity contribution is 6.30. The minimum absolute atomic E-state index is 0.0323. The quantitative estimate of drug-likeness (QED) is 0.462. The maximum absolute atomic E-state index is 12.1. The number of carbonyl (C=O) groups excluding carboxylic acids is 1. The monoisotopic (exact) mass is 341 g/mol. The Morgan fingerprint density at radius 1 is 1.25 bits per heavy atom. The van der Waals surface area contributed by atoms with E-state index in [0.717, 1.165) is 11.1 Å². The largest absolute Gasteiger partial charge is 0.496 e. The second-order valence-corrected chi connectivity index (χ2v) is 5.55. The Labute approximate surface area is 145 Å². The Bertz CT molecular complexity index is 804. The van der Waals surface area contributed by atoms with E-state index in [4.69, 9.17) is 21.1 Å². The highest BCUT2D eigenvalue weighted by Gasteiger charge is 2.13. The van der Waals surface area contributed by atoms with E-state index < -0.39 is 5.97 Å². The number of aryl methyl sites for hydroxylation is 1. The minimum Gasteiger partial charge on any atom is -0.496 e. The van der Waals surface area contributed by atoms with Gasteiger partial charge in [0.05, 0.1) is 7.11 Å². The molecular formula is C19H16ClNO3. The molecule has 24 heavy (non-hydrogen) atoms. The molecule has 0 saturated heterocycles. The molecule has 0 bridgehead atoms. The van der Waals surface area contributed by atoms with Crippen LogP contribution in [0.2, 0.25) is 5.02 Å². The van der Waals surface area contributed by atoms with Gasteiger partial charge < -0.3 is 9.47 Å². The lowest BCUT2D eigenvalue weighted by molar-refractivity contribution is -0.139. The first-order chi connectivity index (χ1) is 11.5. The molecule has 122 valence electrons. The van der Waals surface area contributed by atoms with Crippen LogP contribution in [0, 0.1) is 18.3 Å². The average Bonchev–Trinajstić information content (AvgIpc) is 2.59. The molecule has 0 N–H and O–H groups in total. The van der Waals surface area contributed by atoms with Crippen molar-refractivity contribution in [2.24, 2.45) is 0 Å². The van der Waals surface area contributed by atoms with Crippen LogP contribution in [0.25, 0.3) is 6.08 Å². The lowest BCUT2D eigenvalue weighted by atomic mass is 10.1. The van der Waals surface area contributed by atoms with Gasteiger partial charge in [0.2, 0.25) is 0 Å². The summed E-state index contributed by atoms with van der Waals surface area (Å²) in [5, 5.41) is 9.70. The van der Waals surface area contributed by atoms with Crippen LogP contribution >= 0.6 is 11.6 Å². The molecule has 0 aliphatic rings. The van der Waals surface area contributed by atoms with E-state index >= 15 is 0 Å². The standard InChI is InChI=1S/C19H16ClNO3/c1-13-3-5-14(6-4-13)9-15(11-21)19(22)24-12-16-10-17(20)7-8-18(16)23-2/h3-10H,12H2,1-2H3/b15-9+. The molecule has 5 heteroatoms. The molecule has 0 spiro atoms.